The van der Waals surface area contributed by atoms with Crippen molar-refractivity contribution in [3.8, 4) is 0 Å². The van der Waals surface area contributed by atoms with Gasteiger partial charge < -0.3 is 20.3 Å². The average molecular weight is 533 g/mol. The maximum Gasteiger partial charge on any atom is 0.225 e. The van der Waals surface area contributed by atoms with Crippen LogP contribution in [-0.4, -0.2) is 86.7 Å². The average Bonchev–Trinajstić information content (AvgIpc) is 2.63. The molecular weight excluding hydrogens is 493 g/mol. The van der Waals surface area contributed by atoms with Crippen molar-refractivity contribution in [1.29, 1.82) is 0 Å². The van der Waals surface area contributed by atoms with Crippen molar-refractivity contribution in [3.05, 3.63) is 0 Å². The summed E-state index contributed by atoms with van der Waals surface area (Å²) in [6.07, 6.45) is 8.81. The van der Waals surface area contributed by atoms with Crippen molar-refractivity contribution in [2.75, 3.05) is 52.9 Å². The molecule has 0 radical (unpaired) electrons. The zero-order valence-electron chi connectivity index (χ0n) is 18.7. The van der Waals surface area contributed by atoms with Gasteiger partial charge in [-0.05, 0) is 39.0 Å². The Morgan fingerprint density at radius 3 is 2.43 bits per heavy atom. The Morgan fingerprint density at radius 2 is 1.90 bits per heavy atom. The zero-order valence-corrected chi connectivity index (χ0v) is 21.0. The molecule has 0 aromatic carbocycles. The Labute approximate surface area is 198 Å². The van der Waals surface area contributed by atoms with E-state index in [9.17, 15) is 4.79 Å². The lowest BCUT2D eigenvalue weighted by molar-refractivity contribution is -0.168. The van der Waals surface area contributed by atoms with E-state index in [-0.39, 0.29) is 24.0 Å². The normalized spacial score (nSPS) is 28.7. The van der Waals surface area contributed by atoms with Gasteiger partial charge in [0.1, 0.15) is 0 Å². The molecule has 1 saturated heterocycles. The van der Waals surface area contributed by atoms with Crippen molar-refractivity contribution < 1.29 is 9.53 Å². The smallest absolute Gasteiger partial charge is 0.225 e. The van der Waals surface area contributed by atoms with E-state index in [4.69, 9.17) is 4.74 Å². The highest BCUT2D eigenvalue weighted by atomic mass is 127. The topological polar surface area (TPSA) is 69.2 Å². The fraction of sp³-hybridized carbons (Fsp3) is 0.909. The van der Waals surface area contributed by atoms with Crippen LogP contribution in [0.15, 0.2) is 4.99 Å². The predicted molar refractivity (Wildman–Crippen MR) is 130 cm³/mol. The molecule has 1 aliphatic heterocycles. The highest BCUT2D eigenvalue weighted by molar-refractivity contribution is 14.0. The number of carbonyl (C=O) groups excluding carboxylic acids is 1. The van der Waals surface area contributed by atoms with Gasteiger partial charge in [-0.15, -0.1) is 24.0 Å². The van der Waals surface area contributed by atoms with Crippen LogP contribution < -0.4 is 10.6 Å². The molecule has 1 spiro atoms. The molecule has 1 amide bonds. The van der Waals surface area contributed by atoms with E-state index >= 15 is 0 Å². The summed E-state index contributed by atoms with van der Waals surface area (Å²) in [5.74, 6) is 1.63. The second-order valence-electron chi connectivity index (χ2n) is 9.26. The number of guanidine groups is 1. The summed E-state index contributed by atoms with van der Waals surface area (Å²) in [4.78, 5) is 21.3. The van der Waals surface area contributed by atoms with Gasteiger partial charge in [0.15, 0.2) is 5.96 Å². The van der Waals surface area contributed by atoms with Gasteiger partial charge in [-0.25, -0.2) is 0 Å². The second-order valence-corrected chi connectivity index (χ2v) is 9.26. The molecule has 30 heavy (non-hydrogen) atoms. The van der Waals surface area contributed by atoms with E-state index < -0.39 is 0 Å². The molecule has 0 aromatic heterocycles. The number of halogens is 1. The number of nitrogens with one attached hydrogen (secondary N) is 2. The van der Waals surface area contributed by atoms with Crippen LogP contribution in [0.3, 0.4) is 0 Å². The van der Waals surface area contributed by atoms with E-state index in [1.54, 1.807) is 0 Å². The fourth-order valence-electron chi connectivity index (χ4n) is 5.44. The van der Waals surface area contributed by atoms with Crippen LogP contribution >= 0.6 is 24.0 Å². The SMILES string of the molecule is CCOC1CC(NC(=NC)NCCN2CCN(C(=O)C3CCC3)CC2)C12CCC2.I. The third kappa shape index (κ3) is 4.90. The summed E-state index contributed by atoms with van der Waals surface area (Å²) in [5.41, 5.74) is 0.344. The maximum atomic E-state index is 12.4. The van der Waals surface area contributed by atoms with E-state index in [1.165, 1.54) is 25.7 Å². The lowest BCUT2D eigenvalue weighted by Crippen LogP contribution is -2.68. The molecule has 8 heteroatoms. The molecule has 2 N–H and O–H groups in total. The molecular formula is C22H40IN5O2. The maximum absolute atomic E-state index is 12.4. The van der Waals surface area contributed by atoms with Crippen molar-refractivity contribution in [2.45, 2.75) is 64.0 Å². The van der Waals surface area contributed by atoms with E-state index in [1.807, 2.05) is 7.05 Å². The van der Waals surface area contributed by atoms with Crippen LogP contribution in [0.5, 0.6) is 0 Å². The number of rotatable bonds is 7. The fourth-order valence-corrected chi connectivity index (χ4v) is 5.44. The third-order valence-electron chi connectivity index (χ3n) is 7.83. The van der Waals surface area contributed by atoms with Crippen LogP contribution in [0.4, 0.5) is 0 Å². The molecule has 3 saturated carbocycles. The number of carbonyl (C=O) groups is 1. The standard InChI is InChI=1S/C22H39N5O2.HI/c1-3-29-19-16-18(22(19)8-5-9-22)25-21(23-2)24-10-11-26-12-14-27(15-13-26)20(28)17-6-4-7-17;/h17-19H,3-16H2,1-2H3,(H2,23,24,25);1H. The third-order valence-corrected chi connectivity index (χ3v) is 7.83. The first kappa shape index (κ1) is 24.0. The molecule has 172 valence electrons. The van der Waals surface area contributed by atoms with Gasteiger partial charge >= 0.3 is 0 Å². The first-order valence-corrected chi connectivity index (χ1v) is 11.8. The van der Waals surface area contributed by atoms with Crippen molar-refractivity contribution >= 4 is 35.8 Å². The summed E-state index contributed by atoms with van der Waals surface area (Å²) >= 11 is 0. The number of amides is 1. The van der Waals surface area contributed by atoms with Gasteiger partial charge in [0.2, 0.25) is 5.91 Å². The van der Waals surface area contributed by atoms with Crippen molar-refractivity contribution in [1.82, 2.24) is 20.4 Å². The first-order chi connectivity index (χ1) is 14.2. The number of hydrogen-bond acceptors (Lipinski definition) is 4. The number of ether oxygens (including phenoxy) is 1. The van der Waals surface area contributed by atoms with Crippen LogP contribution in [0.2, 0.25) is 0 Å². The minimum absolute atomic E-state index is 0. The molecule has 4 aliphatic rings. The zero-order chi connectivity index (χ0) is 20.3. The van der Waals surface area contributed by atoms with Crippen LogP contribution in [-0.2, 0) is 9.53 Å². The lowest BCUT2D eigenvalue weighted by Gasteiger charge is -2.61. The summed E-state index contributed by atoms with van der Waals surface area (Å²) in [7, 11) is 1.85. The largest absolute Gasteiger partial charge is 0.378 e. The van der Waals surface area contributed by atoms with Gasteiger partial charge in [-0.2, -0.15) is 0 Å². The Morgan fingerprint density at radius 1 is 1.17 bits per heavy atom. The first-order valence-electron chi connectivity index (χ1n) is 11.8. The lowest BCUT2D eigenvalue weighted by atomic mass is 9.51. The van der Waals surface area contributed by atoms with Gasteiger partial charge in [-0.1, -0.05) is 12.8 Å². The number of aliphatic imine (C=N–C) groups is 1. The minimum atomic E-state index is 0. The van der Waals surface area contributed by atoms with E-state index in [2.05, 4.69) is 32.3 Å². The summed E-state index contributed by atoms with van der Waals surface area (Å²) in [5, 5.41) is 7.15. The summed E-state index contributed by atoms with van der Waals surface area (Å²) in [6.45, 7) is 8.50. The van der Waals surface area contributed by atoms with Gasteiger partial charge in [-0.3, -0.25) is 14.7 Å². The number of nitrogens with zero attached hydrogens (tertiary/aromatic N) is 3. The van der Waals surface area contributed by atoms with Gasteiger partial charge in [0.25, 0.3) is 0 Å². The molecule has 1 heterocycles. The number of piperazine rings is 1. The van der Waals surface area contributed by atoms with Gasteiger partial charge in [0, 0.05) is 70.3 Å². The molecule has 2 unspecified atom stereocenters. The molecule has 0 bridgehead atoms. The van der Waals surface area contributed by atoms with Gasteiger partial charge in [0.05, 0.1) is 6.10 Å². The predicted octanol–water partition coefficient (Wildman–Crippen LogP) is 2.06. The van der Waals surface area contributed by atoms with E-state index in [0.717, 1.165) is 71.1 Å². The monoisotopic (exact) mass is 533 g/mol. The Kier molecular flexibility index (Phi) is 8.66. The highest BCUT2D eigenvalue weighted by Crippen LogP contribution is 2.57. The minimum Gasteiger partial charge on any atom is -0.378 e. The Hall–Kier alpha value is -0.610. The molecule has 3 aliphatic carbocycles. The highest BCUT2D eigenvalue weighted by Gasteiger charge is 2.59. The molecule has 0 aromatic rings. The summed E-state index contributed by atoms with van der Waals surface area (Å²) in [6, 6.07) is 0.486. The van der Waals surface area contributed by atoms with Crippen LogP contribution in [0.1, 0.15) is 51.9 Å². The number of hydrogen-bond donors (Lipinski definition) is 2. The van der Waals surface area contributed by atoms with Crippen molar-refractivity contribution in [3.63, 3.8) is 0 Å². The molecule has 4 rings (SSSR count). The molecule has 7 nitrogen and oxygen atoms in total. The van der Waals surface area contributed by atoms with Crippen LogP contribution in [0, 0.1) is 11.3 Å². The Bertz CT molecular complexity index is 600. The summed E-state index contributed by atoms with van der Waals surface area (Å²) < 4.78 is 5.96. The van der Waals surface area contributed by atoms with Crippen LogP contribution in [0.25, 0.3) is 0 Å². The molecule has 2 atom stereocenters. The van der Waals surface area contributed by atoms with E-state index in [0.29, 0.717) is 29.4 Å². The molecule has 4 fully saturated rings. The quantitative estimate of drug-likeness (QED) is 0.298. The van der Waals surface area contributed by atoms with Crippen molar-refractivity contribution in [2.24, 2.45) is 16.3 Å². The second kappa shape index (κ2) is 10.8. The Balaban J connectivity index is 0.00000256.